The van der Waals surface area contributed by atoms with Crippen LogP contribution in [0.1, 0.15) is 68.6 Å². The number of hydrogen-bond donors (Lipinski definition) is 1. The standard InChI is InChI=1S/C26H33N3O3/c1-19-13-15-29(16-14-19)26(31)21-7-10-23(11-8-21)32-25-12-9-22(18-27-25)28-24(30)17-20-5-3-2-4-6-20/h7-12,18-20H,2-6,13-17H2,1H3,(H,28,30). The predicted molar refractivity (Wildman–Crippen MR) is 125 cm³/mol. The fourth-order valence-corrected chi connectivity index (χ4v) is 4.56. The highest BCUT2D eigenvalue weighted by Gasteiger charge is 2.21. The van der Waals surface area contributed by atoms with Gasteiger partial charge in [0, 0.05) is 31.1 Å². The summed E-state index contributed by atoms with van der Waals surface area (Å²) in [5.74, 6) is 2.40. The van der Waals surface area contributed by atoms with Crippen molar-refractivity contribution in [3.8, 4) is 11.6 Å². The third-order valence-electron chi connectivity index (χ3n) is 6.61. The zero-order chi connectivity index (χ0) is 22.3. The van der Waals surface area contributed by atoms with Crippen molar-refractivity contribution in [3.05, 3.63) is 48.2 Å². The van der Waals surface area contributed by atoms with Crippen molar-refractivity contribution in [2.24, 2.45) is 11.8 Å². The van der Waals surface area contributed by atoms with Crippen molar-refractivity contribution in [2.75, 3.05) is 18.4 Å². The number of amides is 2. The molecule has 1 aromatic carbocycles. The van der Waals surface area contributed by atoms with Crippen LogP contribution in [-0.2, 0) is 4.79 Å². The highest BCUT2D eigenvalue weighted by molar-refractivity contribution is 5.94. The number of ether oxygens (including phenoxy) is 1. The average molecular weight is 436 g/mol. The van der Waals surface area contributed by atoms with E-state index in [9.17, 15) is 9.59 Å². The fourth-order valence-electron chi connectivity index (χ4n) is 4.56. The van der Waals surface area contributed by atoms with Crippen LogP contribution in [-0.4, -0.2) is 34.8 Å². The number of nitrogens with one attached hydrogen (secondary N) is 1. The van der Waals surface area contributed by atoms with E-state index in [1.807, 2.05) is 4.90 Å². The summed E-state index contributed by atoms with van der Waals surface area (Å²) in [5.41, 5.74) is 1.35. The highest BCUT2D eigenvalue weighted by Crippen LogP contribution is 2.27. The smallest absolute Gasteiger partial charge is 0.253 e. The van der Waals surface area contributed by atoms with Gasteiger partial charge in [-0.15, -0.1) is 0 Å². The first-order valence-corrected chi connectivity index (χ1v) is 11.9. The number of benzene rings is 1. The van der Waals surface area contributed by atoms with Gasteiger partial charge in [0.25, 0.3) is 5.91 Å². The third-order valence-corrected chi connectivity index (χ3v) is 6.61. The van der Waals surface area contributed by atoms with E-state index >= 15 is 0 Å². The molecule has 2 fully saturated rings. The molecule has 2 aliphatic rings. The molecule has 0 bridgehead atoms. The molecular weight excluding hydrogens is 402 g/mol. The second kappa shape index (κ2) is 10.6. The van der Waals surface area contributed by atoms with Crippen LogP contribution in [0.5, 0.6) is 11.6 Å². The number of hydrogen-bond acceptors (Lipinski definition) is 4. The van der Waals surface area contributed by atoms with Gasteiger partial charge in [-0.05, 0) is 67.9 Å². The van der Waals surface area contributed by atoms with Crippen molar-refractivity contribution in [1.82, 2.24) is 9.88 Å². The molecule has 0 atom stereocenters. The monoisotopic (exact) mass is 435 g/mol. The summed E-state index contributed by atoms with van der Waals surface area (Å²) in [7, 11) is 0. The minimum Gasteiger partial charge on any atom is -0.439 e. The molecule has 1 aromatic heterocycles. The van der Waals surface area contributed by atoms with E-state index in [1.165, 1.54) is 19.3 Å². The molecule has 0 unspecified atom stereocenters. The first kappa shape index (κ1) is 22.3. The van der Waals surface area contributed by atoms with E-state index in [4.69, 9.17) is 4.74 Å². The molecule has 2 amide bonds. The fraction of sp³-hybridized carbons (Fsp3) is 0.500. The highest BCUT2D eigenvalue weighted by atomic mass is 16.5. The molecule has 1 N–H and O–H groups in total. The van der Waals surface area contributed by atoms with Crippen molar-refractivity contribution >= 4 is 17.5 Å². The molecule has 6 nitrogen and oxygen atoms in total. The van der Waals surface area contributed by atoms with E-state index < -0.39 is 0 Å². The van der Waals surface area contributed by atoms with Crippen LogP contribution in [0.3, 0.4) is 0 Å². The van der Waals surface area contributed by atoms with Gasteiger partial charge in [-0.25, -0.2) is 4.98 Å². The maximum Gasteiger partial charge on any atom is 0.253 e. The van der Waals surface area contributed by atoms with Gasteiger partial charge >= 0.3 is 0 Å². The Hall–Kier alpha value is -2.89. The summed E-state index contributed by atoms with van der Waals surface area (Å²) in [6.07, 6.45) is 10.4. The molecule has 1 aliphatic carbocycles. The Balaban J connectivity index is 1.27. The second-order valence-electron chi connectivity index (χ2n) is 9.24. The molecule has 1 aliphatic heterocycles. The molecule has 1 saturated carbocycles. The number of likely N-dealkylation sites (tertiary alicyclic amines) is 1. The van der Waals surface area contributed by atoms with Crippen LogP contribution in [0, 0.1) is 11.8 Å². The van der Waals surface area contributed by atoms with Crippen molar-refractivity contribution in [1.29, 1.82) is 0 Å². The molecule has 4 rings (SSSR count). The maximum absolute atomic E-state index is 12.7. The van der Waals surface area contributed by atoms with Crippen molar-refractivity contribution in [3.63, 3.8) is 0 Å². The van der Waals surface area contributed by atoms with Gasteiger partial charge < -0.3 is 15.0 Å². The Morgan fingerprint density at radius 1 is 1.00 bits per heavy atom. The lowest BCUT2D eigenvalue weighted by atomic mass is 9.87. The van der Waals surface area contributed by atoms with E-state index in [0.29, 0.717) is 41.1 Å². The molecule has 170 valence electrons. The van der Waals surface area contributed by atoms with E-state index in [-0.39, 0.29) is 11.8 Å². The summed E-state index contributed by atoms with van der Waals surface area (Å²) >= 11 is 0. The van der Waals surface area contributed by atoms with E-state index in [1.54, 1.807) is 42.6 Å². The Bertz CT molecular complexity index is 897. The quantitative estimate of drug-likeness (QED) is 0.636. The molecule has 32 heavy (non-hydrogen) atoms. The van der Waals surface area contributed by atoms with Crippen LogP contribution in [0.4, 0.5) is 5.69 Å². The Morgan fingerprint density at radius 3 is 2.38 bits per heavy atom. The lowest BCUT2D eigenvalue weighted by Crippen LogP contribution is -2.37. The topological polar surface area (TPSA) is 71.5 Å². The van der Waals surface area contributed by atoms with Gasteiger partial charge in [0.1, 0.15) is 5.75 Å². The number of anilines is 1. The van der Waals surface area contributed by atoms with Gasteiger partial charge in [0.15, 0.2) is 0 Å². The molecule has 6 heteroatoms. The molecule has 0 radical (unpaired) electrons. The minimum atomic E-state index is 0.0517. The van der Waals surface area contributed by atoms with Gasteiger partial charge in [0.05, 0.1) is 11.9 Å². The number of aromatic nitrogens is 1. The Labute approximate surface area is 190 Å². The third kappa shape index (κ3) is 6.09. The lowest BCUT2D eigenvalue weighted by molar-refractivity contribution is -0.117. The predicted octanol–water partition coefficient (Wildman–Crippen LogP) is 5.65. The van der Waals surface area contributed by atoms with Crippen LogP contribution in [0.2, 0.25) is 0 Å². The number of carbonyl (C=O) groups excluding carboxylic acids is 2. The number of pyridine rings is 1. The molecule has 2 aromatic rings. The average Bonchev–Trinajstić information content (AvgIpc) is 2.81. The minimum absolute atomic E-state index is 0.0517. The zero-order valence-corrected chi connectivity index (χ0v) is 18.9. The van der Waals surface area contributed by atoms with Gasteiger partial charge in [-0.2, -0.15) is 0 Å². The largest absolute Gasteiger partial charge is 0.439 e. The van der Waals surface area contributed by atoms with E-state index in [2.05, 4.69) is 17.2 Å². The second-order valence-corrected chi connectivity index (χ2v) is 9.24. The Kier molecular flexibility index (Phi) is 7.40. The normalized spacial score (nSPS) is 17.7. The van der Waals surface area contributed by atoms with Gasteiger partial charge in [0.2, 0.25) is 11.8 Å². The number of nitrogens with zero attached hydrogens (tertiary/aromatic N) is 2. The van der Waals surface area contributed by atoms with Crippen LogP contribution >= 0.6 is 0 Å². The summed E-state index contributed by atoms with van der Waals surface area (Å²) in [4.78, 5) is 31.2. The number of carbonyl (C=O) groups is 2. The zero-order valence-electron chi connectivity index (χ0n) is 18.9. The molecule has 2 heterocycles. The summed E-state index contributed by atoms with van der Waals surface area (Å²) in [6.45, 7) is 3.89. The molecule has 1 saturated heterocycles. The Morgan fingerprint density at radius 2 is 1.72 bits per heavy atom. The summed E-state index contributed by atoms with van der Waals surface area (Å²) in [6, 6.07) is 10.7. The van der Waals surface area contributed by atoms with Crippen LogP contribution in [0.25, 0.3) is 0 Å². The first-order chi connectivity index (χ1) is 15.6. The maximum atomic E-state index is 12.7. The van der Waals surface area contributed by atoms with Crippen LogP contribution < -0.4 is 10.1 Å². The molecular formula is C26H33N3O3. The van der Waals surface area contributed by atoms with Crippen LogP contribution in [0.15, 0.2) is 42.6 Å². The molecule has 0 spiro atoms. The lowest BCUT2D eigenvalue weighted by Gasteiger charge is -2.30. The van der Waals surface area contributed by atoms with E-state index in [0.717, 1.165) is 38.8 Å². The van der Waals surface area contributed by atoms with Crippen molar-refractivity contribution in [2.45, 2.75) is 58.3 Å². The number of piperidine rings is 1. The van der Waals surface area contributed by atoms with Gasteiger partial charge in [-0.1, -0.05) is 26.2 Å². The SMILES string of the molecule is CC1CCN(C(=O)c2ccc(Oc3ccc(NC(=O)CC4CCCCC4)cn3)cc2)CC1. The summed E-state index contributed by atoms with van der Waals surface area (Å²) in [5, 5.41) is 2.93. The van der Waals surface area contributed by atoms with Gasteiger partial charge in [-0.3, -0.25) is 9.59 Å². The summed E-state index contributed by atoms with van der Waals surface area (Å²) < 4.78 is 5.81. The van der Waals surface area contributed by atoms with Crippen molar-refractivity contribution < 1.29 is 14.3 Å². The first-order valence-electron chi connectivity index (χ1n) is 11.9. The number of rotatable bonds is 6.